The third-order valence-electron chi connectivity index (χ3n) is 7.55. The molecule has 7 N–H and O–H groups in total. The number of aryl methyl sites for hydroxylation is 1. The summed E-state index contributed by atoms with van der Waals surface area (Å²) in [5, 5.41) is 46.5. The van der Waals surface area contributed by atoms with Gasteiger partial charge in [-0.25, -0.2) is 0 Å². The van der Waals surface area contributed by atoms with E-state index in [4.69, 9.17) is 5.73 Å². The summed E-state index contributed by atoms with van der Waals surface area (Å²) in [6, 6.07) is 1.74. The first-order valence-corrected chi connectivity index (χ1v) is 12.1. The number of ketones is 2. The van der Waals surface area contributed by atoms with Crippen LogP contribution in [0, 0.1) is 11.8 Å². The topological polar surface area (TPSA) is 190 Å². The van der Waals surface area contributed by atoms with Gasteiger partial charge in [0.25, 0.3) is 5.91 Å². The van der Waals surface area contributed by atoms with Gasteiger partial charge in [0, 0.05) is 30.0 Å². The Morgan fingerprint density at radius 1 is 1.16 bits per heavy atom. The van der Waals surface area contributed by atoms with Crippen LogP contribution in [0.3, 0.4) is 0 Å². The average molecular weight is 514 g/mol. The number of carbonyl (C=O) groups is 4. The minimum atomic E-state index is -2.60. The molecule has 0 spiro atoms. The van der Waals surface area contributed by atoms with E-state index < -0.39 is 52.0 Å². The summed E-state index contributed by atoms with van der Waals surface area (Å²) in [7, 11) is 3.48. The Hall–Kier alpha value is -3.70. The summed E-state index contributed by atoms with van der Waals surface area (Å²) in [6.07, 6.45) is 0.587. The number of primary amides is 1. The Balaban J connectivity index is 1.80. The number of hydrogen-bond donors (Lipinski definition) is 6. The van der Waals surface area contributed by atoms with Gasteiger partial charge in [0.1, 0.15) is 22.8 Å². The predicted octanol–water partition coefficient (Wildman–Crippen LogP) is 0.321. The lowest BCUT2D eigenvalue weighted by Gasteiger charge is -2.45. The fourth-order valence-electron chi connectivity index (χ4n) is 5.81. The highest BCUT2D eigenvalue weighted by Gasteiger charge is 2.59. The number of benzene rings is 1. The molecular weight excluding hydrogens is 482 g/mol. The first-order chi connectivity index (χ1) is 17.3. The van der Waals surface area contributed by atoms with Gasteiger partial charge >= 0.3 is 0 Å². The van der Waals surface area contributed by atoms with Gasteiger partial charge < -0.3 is 36.4 Å². The number of allylic oxidation sites excluding steroid dienone is 2. The van der Waals surface area contributed by atoms with Gasteiger partial charge in [0.15, 0.2) is 11.4 Å². The van der Waals surface area contributed by atoms with Crippen molar-refractivity contribution in [1.82, 2.24) is 10.2 Å². The number of Topliss-reactive ketones (excluding diaryl/α,β-unsaturated/α-hetero) is 2. The molecule has 0 saturated carbocycles. The van der Waals surface area contributed by atoms with Crippen molar-refractivity contribution < 1.29 is 39.6 Å². The summed E-state index contributed by atoms with van der Waals surface area (Å²) in [5.74, 6) is -6.87. The van der Waals surface area contributed by atoms with Gasteiger partial charge in [-0.3, -0.25) is 19.2 Å². The fourth-order valence-corrected chi connectivity index (χ4v) is 5.81. The zero-order valence-electron chi connectivity index (χ0n) is 20.9. The van der Waals surface area contributed by atoms with Crippen LogP contribution in [0.15, 0.2) is 28.7 Å². The van der Waals surface area contributed by atoms with E-state index in [0.29, 0.717) is 17.5 Å². The Labute approximate surface area is 213 Å². The number of rotatable bonds is 6. The van der Waals surface area contributed by atoms with Crippen LogP contribution in [0.4, 0.5) is 0 Å². The van der Waals surface area contributed by atoms with Gasteiger partial charge in [-0.2, -0.15) is 0 Å². The van der Waals surface area contributed by atoms with Crippen molar-refractivity contribution in [1.29, 1.82) is 0 Å². The largest absolute Gasteiger partial charge is 0.511 e. The van der Waals surface area contributed by atoms with Gasteiger partial charge in [0.05, 0.1) is 12.1 Å². The summed E-state index contributed by atoms with van der Waals surface area (Å²) in [5.41, 5.74) is 3.26. The number of aliphatic hydroxyl groups is 3. The van der Waals surface area contributed by atoms with Crippen molar-refractivity contribution in [3.8, 4) is 5.75 Å². The number of nitrogens with two attached hydrogens (primary N) is 1. The van der Waals surface area contributed by atoms with E-state index in [1.807, 2.05) is 6.92 Å². The number of nitrogens with one attached hydrogen (secondary N) is 1. The molecular formula is C26H31N3O8. The summed E-state index contributed by atoms with van der Waals surface area (Å²) in [4.78, 5) is 52.4. The smallest absolute Gasteiger partial charge is 0.255 e. The molecule has 1 aromatic rings. The second kappa shape index (κ2) is 9.31. The van der Waals surface area contributed by atoms with Gasteiger partial charge in [-0.05, 0) is 50.4 Å². The molecule has 3 aliphatic carbocycles. The second-order valence-corrected chi connectivity index (χ2v) is 10.2. The minimum Gasteiger partial charge on any atom is -0.511 e. The summed E-state index contributed by atoms with van der Waals surface area (Å²) in [6.45, 7) is 2.00. The van der Waals surface area contributed by atoms with E-state index in [9.17, 15) is 39.6 Å². The second-order valence-electron chi connectivity index (χ2n) is 10.2. The molecule has 11 nitrogen and oxygen atoms in total. The maximum absolute atomic E-state index is 13.7. The number of carbonyl (C=O) groups excluding carboxylic acids is 4. The molecule has 0 aliphatic heterocycles. The third-order valence-corrected chi connectivity index (χ3v) is 7.55. The number of aromatic hydroxyl groups is 1. The molecule has 0 heterocycles. The van der Waals surface area contributed by atoms with Gasteiger partial charge in [-0.1, -0.05) is 13.0 Å². The standard InChI is InChI=1S/C26H31N3O8/c1-4-11-5-13(9-28-17(31)10-29(2)3)21(32)19-15(11)7-12-6-14-8-16(30)20(25(27)36)24(35)26(14,37)23(34)18(12)22(19)33/h5,12,14,30,32,34,37H,4,6-10H2,1-3H3,(H2,27,36)(H,28,31)/t12-,14+,26+/m1/s1. The number of hydrogen-bond acceptors (Lipinski definition) is 9. The highest BCUT2D eigenvalue weighted by atomic mass is 16.3. The molecule has 0 saturated heterocycles. The van der Waals surface area contributed by atoms with Crippen molar-refractivity contribution in [2.75, 3.05) is 20.6 Å². The number of phenolic OH excluding ortho intramolecular Hbond substituents is 1. The van der Waals surface area contributed by atoms with Crippen molar-refractivity contribution >= 4 is 23.4 Å². The SMILES string of the molecule is CCc1cc(CNC(=O)CN(C)C)c(O)c2c1C[C@H]1C[C@H]3CC(O)=C(C(N)=O)C(=O)[C@@]3(O)C(O)=C1C2=O. The van der Waals surface area contributed by atoms with Crippen LogP contribution < -0.4 is 11.1 Å². The predicted molar refractivity (Wildman–Crippen MR) is 131 cm³/mol. The Morgan fingerprint density at radius 2 is 1.84 bits per heavy atom. The van der Waals surface area contributed by atoms with Crippen molar-refractivity contribution in [3.63, 3.8) is 0 Å². The lowest BCUT2D eigenvalue weighted by atomic mass is 9.60. The quantitative estimate of drug-likeness (QED) is 0.291. The van der Waals surface area contributed by atoms with E-state index in [0.717, 1.165) is 5.56 Å². The van der Waals surface area contributed by atoms with Gasteiger partial charge in [0.2, 0.25) is 11.7 Å². The number of likely N-dealkylation sites (N-methyl/N-ethyl adjacent to an activating group) is 1. The van der Waals surface area contributed by atoms with E-state index in [1.165, 1.54) is 0 Å². The molecule has 1 aromatic carbocycles. The Bertz CT molecular complexity index is 1290. The lowest BCUT2D eigenvalue weighted by Crippen LogP contribution is -2.57. The van der Waals surface area contributed by atoms with Gasteiger partial charge in [-0.15, -0.1) is 0 Å². The van der Waals surface area contributed by atoms with Crippen LogP contribution in [0.1, 0.15) is 46.8 Å². The molecule has 0 bridgehead atoms. The van der Waals surface area contributed by atoms with E-state index in [2.05, 4.69) is 5.32 Å². The third kappa shape index (κ3) is 4.08. The van der Waals surface area contributed by atoms with Crippen LogP contribution in [0.2, 0.25) is 0 Å². The first kappa shape index (κ1) is 26.4. The molecule has 0 radical (unpaired) electrons. The Morgan fingerprint density at radius 3 is 2.43 bits per heavy atom. The molecule has 198 valence electrons. The lowest BCUT2D eigenvalue weighted by molar-refractivity contribution is -0.144. The molecule has 0 unspecified atom stereocenters. The molecule has 0 aromatic heterocycles. The Kier molecular flexibility index (Phi) is 6.63. The first-order valence-electron chi connectivity index (χ1n) is 12.1. The van der Waals surface area contributed by atoms with Crippen LogP contribution in [-0.2, 0) is 33.8 Å². The minimum absolute atomic E-state index is 0.0307. The number of aliphatic hydroxyl groups excluding tert-OH is 2. The summed E-state index contributed by atoms with van der Waals surface area (Å²) >= 11 is 0. The van der Waals surface area contributed by atoms with E-state index >= 15 is 0 Å². The number of amides is 2. The molecule has 0 fully saturated rings. The highest BCUT2D eigenvalue weighted by Crippen LogP contribution is 2.52. The fraction of sp³-hybridized carbons (Fsp3) is 0.462. The zero-order valence-corrected chi connectivity index (χ0v) is 20.9. The molecule has 3 atom stereocenters. The van der Waals surface area contributed by atoms with Crippen LogP contribution in [0.5, 0.6) is 5.75 Å². The molecule has 4 rings (SSSR count). The maximum atomic E-state index is 13.7. The number of fused-ring (bicyclic) bond motifs is 3. The zero-order chi connectivity index (χ0) is 27.4. The molecule has 11 heteroatoms. The van der Waals surface area contributed by atoms with Crippen LogP contribution in [-0.4, -0.2) is 74.9 Å². The van der Waals surface area contributed by atoms with E-state index in [-0.39, 0.29) is 55.1 Å². The monoisotopic (exact) mass is 513 g/mol. The average Bonchev–Trinajstić information content (AvgIpc) is 2.80. The molecule has 37 heavy (non-hydrogen) atoms. The van der Waals surface area contributed by atoms with Crippen LogP contribution >= 0.6 is 0 Å². The number of nitrogens with zero attached hydrogens (tertiary/aromatic N) is 1. The maximum Gasteiger partial charge on any atom is 0.255 e. The normalized spacial score (nSPS) is 25.1. The molecule has 3 aliphatic rings. The van der Waals surface area contributed by atoms with Crippen molar-refractivity contribution in [2.45, 2.75) is 44.8 Å². The molecule has 2 amide bonds. The summed E-state index contributed by atoms with van der Waals surface area (Å²) < 4.78 is 0. The van der Waals surface area contributed by atoms with Crippen molar-refractivity contribution in [2.24, 2.45) is 17.6 Å². The van der Waals surface area contributed by atoms with Crippen LogP contribution in [0.25, 0.3) is 0 Å². The number of phenols is 1. The van der Waals surface area contributed by atoms with E-state index in [1.54, 1.807) is 25.1 Å². The van der Waals surface area contributed by atoms with Crippen molar-refractivity contribution in [3.05, 3.63) is 51.0 Å². The highest BCUT2D eigenvalue weighted by molar-refractivity contribution is 6.24.